The first-order valence-electron chi connectivity index (χ1n) is 11.4. The van der Waals surface area contributed by atoms with Crippen molar-refractivity contribution >= 4 is 45.0 Å². The first-order chi connectivity index (χ1) is 16.4. The van der Waals surface area contributed by atoms with Crippen molar-refractivity contribution in [3.8, 4) is 11.1 Å². The first-order valence-corrected chi connectivity index (χ1v) is 13.3. The van der Waals surface area contributed by atoms with E-state index >= 15 is 0 Å². The van der Waals surface area contributed by atoms with Gasteiger partial charge in [-0.05, 0) is 43.4 Å². The van der Waals surface area contributed by atoms with Crippen LogP contribution in [0.2, 0.25) is 0 Å². The van der Waals surface area contributed by atoms with Gasteiger partial charge in [-0.25, -0.2) is 9.67 Å². The van der Waals surface area contributed by atoms with E-state index in [1.54, 1.807) is 17.8 Å². The van der Waals surface area contributed by atoms with Gasteiger partial charge in [-0.1, -0.05) is 42.8 Å². The Morgan fingerprint density at radius 3 is 2.76 bits per heavy atom. The van der Waals surface area contributed by atoms with E-state index in [9.17, 15) is 9.59 Å². The van der Waals surface area contributed by atoms with Gasteiger partial charge in [0.25, 0.3) is 5.56 Å². The van der Waals surface area contributed by atoms with Crippen molar-refractivity contribution in [1.29, 1.82) is 0 Å². The molecule has 1 N–H and O–H groups in total. The molecule has 0 bridgehead atoms. The van der Waals surface area contributed by atoms with Crippen molar-refractivity contribution in [3.63, 3.8) is 0 Å². The summed E-state index contributed by atoms with van der Waals surface area (Å²) in [5.74, 6) is 0.754. The molecule has 176 valence electrons. The number of carbonyl (C=O) groups excluding carboxylic acids is 1. The van der Waals surface area contributed by atoms with E-state index in [4.69, 9.17) is 4.98 Å². The van der Waals surface area contributed by atoms with Crippen LogP contribution in [0, 0.1) is 13.8 Å². The number of amides is 1. The van der Waals surface area contributed by atoms with E-state index in [1.165, 1.54) is 47.1 Å². The second kappa shape index (κ2) is 9.38. The molecule has 1 aliphatic carbocycles. The van der Waals surface area contributed by atoms with Crippen LogP contribution in [-0.2, 0) is 11.8 Å². The second-order valence-corrected chi connectivity index (χ2v) is 10.6. The van der Waals surface area contributed by atoms with Gasteiger partial charge in [0, 0.05) is 24.1 Å². The largest absolute Gasteiger partial charge is 0.310 e. The number of anilines is 1. The molecule has 1 saturated carbocycles. The van der Waals surface area contributed by atoms with Crippen LogP contribution in [0.1, 0.15) is 42.9 Å². The number of hydrogen-bond donors (Lipinski definition) is 1. The van der Waals surface area contributed by atoms with E-state index < -0.39 is 0 Å². The molecule has 0 unspecified atom stereocenters. The van der Waals surface area contributed by atoms with Crippen molar-refractivity contribution in [2.24, 2.45) is 7.05 Å². The van der Waals surface area contributed by atoms with Crippen molar-refractivity contribution in [2.45, 2.75) is 50.7 Å². The maximum atomic E-state index is 13.3. The molecular weight excluding hydrogens is 466 g/mol. The summed E-state index contributed by atoms with van der Waals surface area (Å²) in [5.41, 5.74) is 4.24. The molecule has 1 aromatic carbocycles. The average Bonchev–Trinajstić information content (AvgIpc) is 3.57. The Morgan fingerprint density at radius 2 is 2.00 bits per heavy atom. The number of thiophene rings is 1. The zero-order valence-corrected chi connectivity index (χ0v) is 21.1. The van der Waals surface area contributed by atoms with Gasteiger partial charge in [0.1, 0.15) is 10.6 Å². The molecule has 0 aliphatic heterocycles. The van der Waals surface area contributed by atoms with Crippen LogP contribution < -0.4 is 10.9 Å². The summed E-state index contributed by atoms with van der Waals surface area (Å²) in [4.78, 5) is 31.3. The molecule has 3 heterocycles. The third-order valence-electron chi connectivity index (χ3n) is 6.53. The summed E-state index contributed by atoms with van der Waals surface area (Å²) in [6.07, 6.45) is 6.31. The third-order valence-corrected chi connectivity index (χ3v) is 8.43. The molecule has 9 heteroatoms. The van der Waals surface area contributed by atoms with Crippen LogP contribution in [0.5, 0.6) is 0 Å². The van der Waals surface area contributed by atoms with Crippen molar-refractivity contribution < 1.29 is 4.79 Å². The number of thioether (sulfide) groups is 1. The number of hydrogen-bond acceptors (Lipinski definition) is 6. The Bertz CT molecular complexity index is 1430. The minimum absolute atomic E-state index is 0.0957. The second-order valence-electron chi connectivity index (χ2n) is 8.82. The number of aryl methyl sites for hydroxylation is 2. The molecule has 1 amide bonds. The number of aromatic nitrogens is 4. The highest BCUT2D eigenvalue weighted by atomic mass is 32.2. The average molecular weight is 494 g/mol. The normalized spacial score (nSPS) is 14.2. The summed E-state index contributed by atoms with van der Waals surface area (Å²) in [5, 5.41) is 10.5. The molecule has 0 spiro atoms. The lowest BCUT2D eigenvalue weighted by atomic mass is 10.0. The van der Waals surface area contributed by atoms with Crippen molar-refractivity contribution in [2.75, 3.05) is 11.1 Å². The lowest BCUT2D eigenvalue weighted by Gasteiger charge is -2.14. The van der Waals surface area contributed by atoms with Crippen LogP contribution >= 0.6 is 23.1 Å². The predicted octanol–water partition coefficient (Wildman–Crippen LogP) is 5.32. The highest BCUT2D eigenvalue weighted by Gasteiger charge is 2.21. The van der Waals surface area contributed by atoms with Gasteiger partial charge in [-0.15, -0.1) is 11.3 Å². The van der Waals surface area contributed by atoms with Gasteiger partial charge in [0.2, 0.25) is 5.91 Å². The molecule has 4 aromatic rings. The zero-order valence-electron chi connectivity index (χ0n) is 19.5. The third kappa shape index (κ3) is 4.30. The molecule has 0 radical (unpaired) electrons. The van der Waals surface area contributed by atoms with Gasteiger partial charge >= 0.3 is 0 Å². The summed E-state index contributed by atoms with van der Waals surface area (Å²) < 4.78 is 3.47. The fourth-order valence-corrected chi connectivity index (χ4v) is 6.23. The van der Waals surface area contributed by atoms with E-state index in [0.29, 0.717) is 21.4 Å². The smallest absolute Gasteiger partial charge is 0.263 e. The van der Waals surface area contributed by atoms with Crippen LogP contribution in [0.15, 0.2) is 45.8 Å². The maximum absolute atomic E-state index is 13.3. The predicted molar refractivity (Wildman–Crippen MR) is 139 cm³/mol. The molecule has 34 heavy (non-hydrogen) atoms. The highest BCUT2D eigenvalue weighted by molar-refractivity contribution is 7.99. The minimum atomic E-state index is -0.138. The number of fused-ring (bicyclic) bond motifs is 1. The van der Waals surface area contributed by atoms with Crippen LogP contribution in [-0.4, -0.2) is 31.0 Å². The molecule has 0 saturated heterocycles. The zero-order chi connectivity index (χ0) is 23.8. The summed E-state index contributed by atoms with van der Waals surface area (Å²) in [6.45, 7) is 4.15. The number of carbonyl (C=O) groups is 1. The topological polar surface area (TPSA) is 81.8 Å². The molecular formula is C25H27N5O2S2. The Balaban J connectivity index is 1.34. The van der Waals surface area contributed by atoms with Crippen LogP contribution in [0.3, 0.4) is 0 Å². The number of nitrogens with zero attached hydrogens (tertiary/aromatic N) is 4. The summed E-state index contributed by atoms with van der Waals surface area (Å²) in [7, 11) is 1.71. The minimum Gasteiger partial charge on any atom is -0.310 e. The number of nitrogens with one attached hydrogen (secondary N) is 1. The maximum Gasteiger partial charge on any atom is 0.263 e. The fourth-order valence-electron chi connectivity index (χ4n) is 4.47. The molecule has 1 aliphatic rings. The van der Waals surface area contributed by atoms with E-state index in [0.717, 1.165) is 29.8 Å². The van der Waals surface area contributed by atoms with Gasteiger partial charge < -0.3 is 5.32 Å². The SMILES string of the molecule is Cc1ccc(-c2csc3nc(SCC(=O)Nc4ccnn4C4CCCC4)n(C)c(=O)c23)cc1C. The lowest BCUT2D eigenvalue weighted by molar-refractivity contribution is -0.113. The molecule has 0 atom stereocenters. The van der Waals surface area contributed by atoms with Gasteiger partial charge in [-0.2, -0.15) is 5.10 Å². The van der Waals surface area contributed by atoms with E-state index in [1.807, 2.05) is 22.2 Å². The lowest BCUT2D eigenvalue weighted by Crippen LogP contribution is -2.22. The van der Waals surface area contributed by atoms with Crippen molar-refractivity contribution in [3.05, 3.63) is 57.3 Å². The summed E-state index contributed by atoms with van der Waals surface area (Å²) in [6, 6.07) is 8.42. The van der Waals surface area contributed by atoms with Crippen LogP contribution in [0.25, 0.3) is 21.3 Å². The van der Waals surface area contributed by atoms with Gasteiger partial charge in [-0.3, -0.25) is 14.2 Å². The quantitative estimate of drug-likeness (QED) is 0.290. The van der Waals surface area contributed by atoms with E-state index in [2.05, 4.69) is 36.4 Å². The standard InChI is InChI=1S/C25H27N5O2S2/c1-15-8-9-17(12-16(15)2)19-13-33-23-22(19)24(32)29(3)25(28-23)34-14-21(31)27-20-10-11-26-30(20)18-6-4-5-7-18/h8-13,18H,4-7,14H2,1-3H3,(H,27,31). The Hall–Kier alpha value is -2.91. The fraction of sp³-hybridized carbons (Fsp3) is 0.360. The molecule has 3 aromatic heterocycles. The highest BCUT2D eigenvalue weighted by Crippen LogP contribution is 2.33. The Kier molecular flexibility index (Phi) is 6.31. The Morgan fingerprint density at radius 1 is 1.21 bits per heavy atom. The summed E-state index contributed by atoms with van der Waals surface area (Å²) >= 11 is 2.73. The number of benzene rings is 1. The van der Waals surface area contributed by atoms with E-state index in [-0.39, 0.29) is 17.2 Å². The first kappa shape index (κ1) is 22.9. The van der Waals surface area contributed by atoms with Crippen LogP contribution in [0.4, 0.5) is 5.82 Å². The molecule has 1 fully saturated rings. The van der Waals surface area contributed by atoms with Crippen molar-refractivity contribution in [1.82, 2.24) is 19.3 Å². The van der Waals surface area contributed by atoms with Gasteiger partial charge in [0.15, 0.2) is 5.16 Å². The molecule has 5 rings (SSSR count). The Labute approximate surface area is 206 Å². The number of rotatable bonds is 6. The van der Waals surface area contributed by atoms with Gasteiger partial charge in [0.05, 0.1) is 23.4 Å². The molecule has 7 nitrogen and oxygen atoms in total. The monoisotopic (exact) mass is 493 g/mol.